The second-order valence-electron chi connectivity index (χ2n) is 5.79. The van der Waals surface area contributed by atoms with Crippen molar-refractivity contribution in [3.8, 4) is 0 Å². The fourth-order valence-electron chi connectivity index (χ4n) is 3.02. The minimum Gasteiger partial charge on any atom is -0.309 e. The molecule has 1 atom stereocenters. The molecule has 0 bridgehead atoms. The van der Waals surface area contributed by atoms with Crippen molar-refractivity contribution in [1.82, 2.24) is 5.32 Å². The summed E-state index contributed by atoms with van der Waals surface area (Å²) >= 11 is 1.95. The molecule has 0 saturated heterocycles. The molecule has 3 rings (SSSR count). The van der Waals surface area contributed by atoms with Crippen molar-refractivity contribution in [2.24, 2.45) is 0 Å². The zero-order valence-corrected chi connectivity index (χ0v) is 13.3. The van der Waals surface area contributed by atoms with E-state index in [1.165, 1.54) is 35.8 Å². The molecule has 1 aromatic heterocycles. The number of thiophene rings is 1. The molecule has 1 aromatic carbocycles. The van der Waals surface area contributed by atoms with Crippen LogP contribution in [0, 0.1) is 5.82 Å². The van der Waals surface area contributed by atoms with Crippen LogP contribution in [0.2, 0.25) is 0 Å². The number of nitrogens with one attached hydrogen (secondary N) is 1. The minimum absolute atomic E-state index is 0.143. The summed E-state index contributed by atoms with van der Waals surface area (Å²) in [4.78, 5) is 2.98. The highest BCUT2D eigenvalue weighted by Crippen LogP contribution is 2.34. The third-order valence-corrected chi connectivity index (χ3v) is 5.43. The van der Waals surface area contributed by atoms with Crippen LogP contribution in [0.15, 0.2) is 30.3 Å². The van der Waals surface area contributed by atoms with Crippen LogP contribution >= 0.6 is 11.3 Å². The third kappa shape index (κ3) is 3.53. The Balaban J connectivity index is 1.79. The molecule has 1 aliphatic carbocycles. The summed E-state index contributed by atoms with van der Waals surface area (Å²) in [6.07, 6.45) is 5.74. The molecule has 112 valence electrons. The average Bonchev–Trinajstić information content (AvgIpc) is 3.04. The maximum atomic E-state index is 13.4. The van der Waals surface area contributed by atoms with Crippen LogP contribution in [0.1, 0.15) is 46.7 Å². The van der Waals surface area contributed by atoms with Crippen LogP contribution in [-0.4, -0.2) is 6.54 Å². The molecule has 3 heteroatoms. The Labute approximate surface area is 130 Å². The molecule has 0 aliphatic heterocycles. The molecular formula is C18H22FNS. The maximum Gasteiger partial charge on any atom is 0.123 e. The Morgan fingerprint density at radius 3 is 2.95 bits per heavy atom. The van der Waals surface area contributed by atoms with Crippen LogP contribution in [-0.2, 0) is 19.3 Å². The fraction of sp³-hybridized carbons (Fsp3) is 0.444. The Kier molecular flexibility index (Phi) is 4.71. The number of aryl methyl sites for hydroxylation is 2. The number of hydrogen-bond donors (Lipinski definition) is 1. The van der Waals surface area contributed by atoms with Crippen LogP contribution in [0.3, 0.4) is 0 Å². The van der Waals surface area contributed by atoms with Gasteiger partial charge >= 0.3 is 0 Å². The summed E-state index contributed by atoms with van der Waals surface area (Å²) in [7, 11) is 0. The summed E-state index contributed by atoms with van der Waals surface area (Å²) in [6, 6.07) is 9.67. The van der Waals surface area contributed by atoms with Gasteiger partial charge in [-0.25, -0.2) is 4.39 Å². The van der Waals surface area contributed by atoms with Gasteiger partial charge in [-0.1, -0.05) is 19.1 Å². The van der Waals surface area contributed by atoms with Crippen molar-refractivity contribution in [2.45, 2.75) is 45.1 Å². The maximum absolute atomic E-state index is 13.4. The van der Waals surface area contributed by atoms with Gasteiger partial charge in [-0.2, -0.15) is 0 Å². The second-order valence-corrected chi connectivity index (χ2v) is 6.96. The number of halogens is 1. The Hall–Kier alpha value is -1.19. The summed E-state index contributed by atoms with van der Waals surface area (Å²) in [5.41, 5.74) is 2.61. The average molecular weight is 303 g/mol. The predicted molar refractivity (Wildman–Crippen MR) is 87.5 cm³/mol. The van der Waals surface area contributed by atoms with Crippen LogP contribution < -0.4 is 5.32 Å². The van der Waals surface area contributed by atoms with Crippen molar-refractivity contribution >= 4 is 11.3 Å². The first kappa shape index (κ1) is 14.7. The van der Waals surface area contributed by atoms with E-state index in [0.29, 0.717) is 6.04 Å². The minimum atomic E-state index is -0.143. The lowest BCUT2D eigenvalue weighted by molar-refractivity contribution is 0.534. The summed E-state index contributed by atoms with van der Waals surface area (Å²) in [6.45, 7) is 3.18. The molecule has 0 spiro atoms. The smallest absolute Gasteiger partial charge is 0.123 e. The molecular weight excluding hydrogens is 281 g/mol. The van der Waals surface area contributed by atoms with Gasteiger partial charge in [-0.15, -0.1) is 11.3 Å². The SMILES string of the molecule is CCCNC(Cc1cccc(F)c1)c1cc2c(s1)CCC2. The highest BCUT2D eigenvalue weighted by atomic mass is 32.1. The number of hydrogen-bond acceptors (Lipinski definition) is 2. The van der Waals surface area contributed by atoms with Crippen molar-refractivity contribution < 1.29 is 4.39 Å². The van der Waals surface area contributed by atoms with Crippen molar-refractivity contribution in [1.29, 1.82) is 0 Å². The van der Waals surface area contributed by atoms with Gasteiger partial charge < -0.3 is 5.32 Å². The van der Waals surface area contributed by atoms with Gasteiger partial charge in [0.2, 0.25) is 0 Å². The number of fused-ring (bicyclic) bond motifs is 1. The number of benzene rings is 1. The standard InChI is InChI=1S/C18H22FNS/c1-2-9-20-16(11-13-5-3-7-15(19)10-13)18-12-14-6-4-8-17(14)21-18/h3,5,7,10,12,16,20H,2,4,6,8-9,11H2,1H3. The van der Waals surface area contributed by atoms with E-state index in [4.69, 9.17) is 0 Å². The summed E-state index contributed by atoms with van der Waals surface area (Å²) in [5.74, 6) is -0.143. The van der Waals surface area contributed by atoms with E-state index in [1.807, 2.05) is 17.4 Å². The normalized spacial score (nSPS) is 15.1. The van der Waals surface area contributed by atoms with Crippen LogP contribution in [0.4, 0.5) is 4.39 Å². The van der Waals surface area contributed by atoms with E-state index >= 15 is 0 Å². The Morgan fingerprint density at radius 2 is 2.19 bits per heavy atom. The lowest BCUT2D eigenvalue weighted by Gasteiger charge is -2.17. The molecule has 1 heterocycles. The molecule has 0 amide bonds. The van der Waals surface area contributed by atoms with Gasteiger partial charge in [0, 0.05) is 15.8 Å². The fourth-order valence-corrected chi connectivity index (χ4v) is 4.35. The molecule has 2 aromatic rings. The van der Waals surface area contributed by atoms with Crippen LogP contribution in [0.25, 0.3) is 0 Å². The van der Waals surface area contributed by atoms with Gasteiger partial charge in [0.15, 0.2) is 0 Å². The first-order valence-electron chi connectivity index (χ1n) is 7.85. The molecule has 1 aliphatic rings. The van der Waals surface area contributed by atoms with Gasteiger partial charge in [0.25, 0.3) is 0 Å². The monoisotopic (exact) mass is 303 g/mol. The number of rotatable bonds is 6. The van der Waals surface area contributed by atoms with Crippen LogP contribution in [0.5, 0.6) is 0 Å². The van der Waals surface area contributed by atoms with E-state index in [0.717, 1.165) is 24.9 Å². The van der Waals surface area contributed by atoms with Crippen molar-refractivity contribution in [3.05, 3.63) is 57.0 Å². The summed E-state index contributed by atoms with van der Waals surface area (Å²) in [5, 5.41) is 3.63. The zero-order chi connectivity index (χ0) is 14.7. The molecule has 21 heavy (non-hydrogen) atoms. The molecule has 0 radical (unpaired) electrons. The highest BCUT2D eigenvalue weighted by molar-refractivity contribution is 7.12. The van der Waals surface area contributed by atoms with E-state index in [-0.39, 0.29) is 5.82 Å². The van der Waals surface area contributed by atoms with E-state index < -0.39 is 0 Å². The zero-order valence-electron chi connectivity index (χ0n) is 12.5. The largest absolute Gasteiger partial charge is 0.309 e. The summed E-state index contributed by atoms with van der Waals surface area (Å²) < 4.78 is 13.4. The first-order valence-corrected chi connectivity index (χ1v) is 8.67. The van der Waals surface area contributed by atoms with Gasteiger partial charge in [0.1, 0.15) is 5.82 Å². The van der Waals surface area contributed by atoms with E-state index in [1.54, 1.807) is 17.0 Å². The highest BCUT2D eigenvalue weighted by Gasteiger charge is 2.20. The first-order chi connectivity index (χ1) is 10.3. The Morgan fingerprint density at radius 1 is 1.29 bits per heavy atom. The quantitative estimate of drug-likeness (QED) is 0.818. The van der Waals surface area contributed by atoms with Crippen molar-refractivity contribution in [2.75, 3.05) is 6.54 Å². The lowest BCUT2D eigenvalue weighted by Crippen LogP contribution is -2.23. The van der Waals surface area contributed by atoms with Crippen molar-refractivity contribution in [3.63, 3.8) is 0 Å². The topological polar surface area (TPSA) is 12.0 Å². The lowest BCUT2D eigenvalue weighted by atomic mass is 10.0. The predicted octanol–water partition coefficient (Wildman–Crippen LogP) is 4.66. The van der Waals surface area contributed by atoms with Gasteiger partial charge in [-0.3, -0.25) is 0 Å². The van der Waals surface area contributed by atoms with Gasteiger partial charge in [0.05, 0.1) is 0 Å². The van der Waals surface area contributed by atoms with E-state index in [9.17, 15) is 4.39 Å². The Bertz CT molecular complexity index is 584. The molecule has 1 nitrogen and oxygen atoms in total. The second kappa shape index (κ2) is 6.71. The molecule has 1 unspecified atom stereocenters. The van der Waals surface area contributed by atoms with E-state index in [2.05, 4.69) is 18.3 Å². The molecule has 1 N–H and O–H groups in total. The molecule has 0 fully saturated rings. The third-order valence-electron chi connectivity index (χ3n) is 4.08. The molecule has 0 saturated carbocycles. The van der Waals surface area contributed by atoms with Gasteiger partial charge in [-0.05, 0) is 68.0 Å².